The highest BCUT2D eigenvalue weighted by Crippen LogP contribution is 2.25. The van der Waals surface area contributed by atoms with Crippen LogP contribution in [0.1, 0.15) is 53.0 Å². The molecule has 0 unspecified atom stereocenters. The van der Waals surface area contributed by atoms with E-state index in [2.05, 4.69) is 80.0 Å². The molecule has 0 aliphatic carbocycles. The van der Waals surface area contributed by atoms with Gasteiger partial charge in [-0.25, -0.2) is 5.43 Å². The standard InChI is InChI=1S/C22H25N3OS/c1-15-13-17(14-23-24-21(26)20-7-6-12-27-20)16(2)25(15)19-10-8-18(9-11-19)22(3,4)5/h6-14H,1-5H3,(H,24,26)/b23-14+. The topological polar surface area (TPSA) is 46.4 Å². The third-order valence-electron chi connectivity index (χ3n) is 4.58. The van der Waals surface area contributed by atoms with E-state index in [-0.39, 0.29) is 11.3 Å². The van der Waals surface area contributed by atoms with E-state index in [9.17, 15) is 4.79 Å². The second kappa shape index (κ2) is 7.53. The first kappa shape index (κ1) is 19.1. The zero-order chi connectivity index (χ0) is 19.6. The van der Waals surface area contributed by atoms with Crippen LogP contribution in [0, 0.1) is 13.8 Å². The summed E-state index contributed by atoms with van der Waals surface area (Å²) in [6.45, 7) is 10.8. The minimum atomic E-state index is -0.187. The summed E-state index contributed by atoms with van der Waals surface area (Å²) in [5.41, 5.74) is 8.36. The van der Waals surface area contributed by atoms with Gasteiger partial charge in [0.15, 0.2) is 0 Å². The molecule has 0 saturated heterocycles. The summed E-state index contributed by atoms with van der Waals surface area (Å²) in [5, 5.41) is 5.99. The van der Waals surface area contributed by atoms with Gasteiger partial charge in [0.2, 0.25) is 0 Å². The number of aromatic nitrogens is 1. The number of carbonyl (C=O) groups is 1. The lowest BCUT2D eigenvalue weighted by molar-refractivity contribution is 0.0959. The predicted molar refractivity (Wildman–Crippen MR) is 113 cm³/mol. The number of hydrogen-bond acceptors (Lipinski definition) is 3. The molecule has 3 aromatic rings. The molecule has 27 heavy (non-hydrogen) atoms. The van der Waals surface area contributed by atoms with Crippen LogP contribution in [0.3, 0.4) is 0 Å². The van der Waals surface area contributed by atoms with Gasteiger partial charge in [0.05, 0.1) is 11.1 Å². The van der Waals surface area contributed by atoms with Gasteiger partial charge in [-0.1, -0.05) is 39.0 Å². The van der Waals surface area contributed by atoms with Gasteiger partial charge < -0.3 is 4.57 Å². The molecule has 5 heteroatoms. The van der Waals surface area contributed by atoms with E-state index in [1.54, 1.807) is 12.3 Å². The van der Waals surface area contributed by atoms with E-state index in [1.165, 1.54) is 16.9 Å². The summed E-state index contributed by atoms with van der Waals surface area (Å²) in [6, 6.07) is 14.4. The normalized spacial score (nSPS) is 11.9. The lowest BCUT2D eigenvalue weighted by Gasteiger charge is -2.20. The summed E-state index contributed by atoms with van der Waals surface area (Å²) in [7, 11) is 0. The number of amides is 1. The van der Waals surface area contributed by atoms with Crippen molar-refractivity contribution in [3.05, 3.63) is 75.2 Å². The van der Waals surface area contributed by atoms with Gasteiger partial charge in [0, 0.05) is 22.6 Å². The van der Waals surface area contributed by atoms with Crippen LogP contribution in [0.4, 0.5) is 0 Å². The molecule has 1 aromatic carbocycles. The second-order valence-corrected chi connectivity index (χ2v) is 8.58. The lowest BCUT2D eigenvalue weighted by atomic mass is 9.87. The van der Waals surface area contributed by atoms with Gasteiger partial charge in [-0.05, 0) is 54.5 Å². The van der Waals surface area contributed by atoms with Crippen molar-refractivity contribution in [1.29, 1.82) is 0 Å². The highest BCUT2D eigenvalue weighted by Gasteiger charge is 2.14. The molecule has 0 aliphatic rings. The van der Waals surface area contributed by atoms with Crippen LogP contribution in [0.15, 0.2) is 52.9 Å². The lowest BCUT2D eigenvalue weighted by Crippen LogP contribution is -2.16. The molecule has 140 valence electrons. The Balaban J connectivity index is 1.80. The largest absolute Gasteiger partial charge is 0.318 e. The van der Waals surface area contributed by atoms with E-state index < -0.39 is 0 Å². The summed E-state index contributed by atoms with van der Waals surface area (Å²) >= 11 is 1.40. The fourth-order valence-electron chi connectivity index (χ4n) is 3.05. The predicted octanol–water partition coefficient (Wildman–Crippen LogP) is 5.22. The molecule has 1 amide bonds. The fraction of sp³-hybridized carbons (Fsp3) is 0.273. The maximum atomic E-state index is 12.0. The Labute approximate surface area is 164 Å². The first-order chi connectivity index (χ1) is 12.8. The Morgan fingerprint density at radius 2 is 1.85 bits per heavy atom. The number of aryl methyl sites for hydroxylation is 1. The molecular weight excluding hydrogens is 354 g/mol. The van der Waals surface area contributed by atoms with Crippen molar-refractivity contribution in [1.82, 2.24) is 9.99 Å². The molecular formula is C22H25N3OS. The van der Waals surface area contributed by atoms with Gasteiger partial charge in [-0.3, -0.25) is 4.79 Å². The summed E-state index contributed by atoms with van der Waals surface area (Å²) in [5.74, 6) is -0.187. The van der Waals surface area contributed by atoms with Gasteiger partial charge in [-0.15, -0.1) is 11.3 Å². The number of nitrogens with zero attached hydrogens (tertiary/aromatic N) is 2. The number of benzene rings is 1. The van der Waals surface area contributed by atoms with Crippen molar-refractivity contribution >= 4 is 23.5 Å². The summed E-state index contributed by atoms with van der Waals surface area (Å²) < 4.78 is 2.20. The SMILES string of the molecule is Cc1cc(/C=N/NC(=O)c2cccs2)c(C)n1-c1ccc(C(C)(C)C)cc1. The van der Waals surface area contributed by atoms with E-state index in [0.29, 0.717) is 4.88 Å². The zero-order valence-electron chi connectivity index (χ0n) is 16.4. The highest BCUT2D eigenvalue weighted by atomic mass is 32.1. The van der Waals surface area contributed by atoms with Crippen LogP contribution < -0.4 is 5.43 Å². The molecule has 0 bridgehead atoms. The van der Waals surface area contributed by atoms with Gasteiger partial charge in [0.1, 0.15) is 0 Å². The number of carbonyl (C=O) groups excluding carboxylic acids is 1. The first-order valence-corrected chi connectivity index (χ1v) is 9.82. The summed E-state index contributed by atoms with van der Waals surface area (Å²) in [4.78, 5) is 12.6. The Morgan fingerprint density at radius 3 is 2.44 bits per heavy atom. The van der Waals surface area contributed by atoms with E-state index in [4.69, 9.17) is 0 Å². The molecule has 0 fully saturated rings. The van der Waals surface area contributed by atoms with Crippen molar-refractivity contribution in [2.75, 3.05) is 0 Å². The molecule has 2 heterocycles. The van der Waals surface area contributed by atoms with Crippen LogP contribution in [0.25, 0.3) is 5.69 Å². The van der Waals surface area contributed by atoms with Crippen LogP contribution in [0.2, 0.25) is 0 Å². The van der Waals surface area contributed by atoms with Crippen molar-refractivity contribution in [3.63, 3.8) is 0 Å². The van der Waals surface area contributed by atoms with Crippen LogP contribution >= 0.6 is 11.3 Å². The Hall–Kier alpha value is -2.66. The van der Waals surface area contributed by atoms with Crippen molar-refractivity contribution in [2.45, 2.75) is 40.0 Å². The zero-order valence-corrected chi connectivity index (χ0v) is 17.2. The minimum absolute atomic E-state index is 0.137. The monoisotopic (exact) mass is 379 g/mol. The Kier molecular flexibility index (Phi) is 5.33. The molecule has 4 nitrogen and oxygen atoms in total. The Morgan fingerprint density at radius 1 is 1.15 bits per heavy atom. The average molecular weight is 380 g/mol. The number of rotatable bonds is 4. The number of nitrogens with one attached hydrogen (secondary N) is 1. The maximum Gasteiger partial charge on any atom is 0.281 e. The number of hydrogen-bond donors (Lipinski definition) is 1. The average Bonchev–Trinajstić information content (AvgIpc) is 3.23. The van der Waals surface area contributed by atoms with Gasteiger partial charge in [-0.2, -0.15) is 5.10 Å². The van der Waals surface area contributed by atoms with Crippen molar-refractivity contribution in [3.8, 4) is 5.69 Å². The van der Waals surface area contributed by atoms with E-state index >= 15 is 0 Å². The molecule has 0 spiro atoms. The molecule has 0 saturated carbocycles. The number of hydrazone groups is 1. The third-order valence-corrected chi connectivity index (χ3v) is 5.45. The Bertz CT molecular complexity index is 958. The van der Waals surface area contributed by atoms with Gasteiger partial charge in [0.25, 0.3) is 5.91 Å². The van der Waals surface area contributed by atoms with Crippen LogP contribution in [-0.2, 0) is 5.41 Å². The fourth-order valence-corrected chi connectivity index (χ4v) is 3.66. The van der Waals surface area contributed by atoms with Crippen LogP contribution in [-0.4, -0.2) is 16.7 Å². The van der Waals surface area contributed by atoms with Crippen LogP contribution in [0.5, 0.6) is 0 Å². The molecule has 0 atom stereocenters. The number of thiophene rings is 1. The minimum Gasteiger partial charge on any atom is -0.318 e. The third kappa shape index (κ3) is 4.19. The molecule has 1 N–H and O–H groups in total. The quantitative estimate of drug-likeness (QED) is 0.490. The maximum absolute atomic E-state index is 12.0. The molecule has 2 aromatic heterocycles. The second-order valence-electron chi connectivity index (χ2n) is 7.64. The molecule has 3 rings (SSSR count). The van der Waals surface area contributed by atoms with E-state index in [1.807, 2.05) is 11.4 Å². The van der Waals surface area contributed by atoms with Gasteiger partial charge >= 0.3 is 0 Å². The highest BCUT2D eigenvalue weighted by molar-refractivity contribution is 7.12. The van der Waals surface area contributed by atoms with Crippen molar-refractivity contribution < 1.29 is 4.79 Å². The first-order valence-electron chi connectivity index (χ1n) is 8.94. The molecule has 0 aliphatic heterocycles. The van der Waals surface area contributed by atoms with E-state index in [0.717, 1.165) is 22.6 Å². The summed E-state index contributed by atoms with van der Waals surface area (Å²) in [6.07, 6.45) is 1.70. The molecule has 0 radical (unpaired) electrons. The van der Waals surface area contributed by atoms with Crippen molar-refractivity contribution in [2.24, 2.45) is 5.10 Å². The smallest absolute Gasteiger partial charge is 0.281 e.